The molecule has 146 valence electrons. The normalized spacial score (nSPS) is 21.8. The van der Waals surface area contributed by atoms with E-state index in [1.807, 2.05) is 17.0 Å². The summed E-state index contributed by atoms with van der Waals surface area (Å²) in [6, 6.07) is 5.33. The summed E-state index contributed by atoms with van der Waals surface area (Å²) in [5.41, 5.74) is 2.71. The van der Waals surface area contributed by atoms with Crippen molar-refractivity contribution in [2.75, 3.05) is 26.2 Å². The maximum absolute atomic E-state index is 13.0. The van der Waals surface area contributed by atoms with Crippen molar-refractivity contribution in [2.45, 2.75) is 50.3 Å². The molecule has 4 rings (SSSR count). The van der Waals surface area contributed by atoms with Crippen LogP contribution in [0.4, 0.5) is 0 Å². The summed E-state index contributed by atoms with van der Waals surface area (Å²) >= 11 is 0. The van der Waals surface area contributed by atoms with E-state index >= 15 is 0 Å². The lowest BCUT2D eigenvalue weighted by molar-refractivity contribution is -0.127. The number of nitrogens with zero attached hydrogens (tertiary/aromatic N) is 2. The van der Waals surface area contributed by atoms with Crippen LogP contribution in [0.1, 0.15) is 50.2 Å². The third-order valence-electron chi connectivity index (χ3n) is 6.13. The molecular weight excluding hydrogens is 360 g/mol. The van der Waals surface area contributed by atoms with Crippen LogP contribution < -0.4 is 0 Å². The minimum absolute atomic E-state index is 0.111. The number of piperidine rings is 2. The number of benzene rings is 1. The Bertz CT molecular complexity index is 861. The van der Waals surface area contributed by atoms with Gasteiger partial charge in [0.05, 0.1) is 4.90 Å². The summed E-state index contributed by atoms with van der Waals surface area (Å²) in [5, 5.41) is 0. The number of hydrogen-bond donors (Lipinski definition) is 0. The highest BCUT2D eigenvalue weighted by atomic mass is 32.2. The van der Waals surface area contributed by atoms with Gasteiger partial charge in [-0.3, -0.25) is 4.79 Å². The Morgan fingerprint density at radius 1 is 1.04 bits per heavy atom. The second-order valence-corrected chi connectivity index (χ2v) is 10.1. The highest BCUT2D eigenvalue weighted by Crippen LogP contribution is 2.31. The second-order valence-electron chi connectivity index (χ2n) is 8.15. The number of carbonyl (C=O) groups excluding carboxylic acids is 1. The summed E-state index contributed by atoms with van der Waals surface area (Å²) in [7, 11) is -3.46. The van der Waals surface area contributed by atoms with Gasteiger partial charge in [0.1, 0.15) is 0 Å². The molecule has 1 amide bonds. The fourth-order valence-electron chi connectivity index (χ4n) is 4.28. The number of amides is 1. The Morgan fingerprint density at radius 3 is 2.44 bits per heavy atom. The third kappa shape index (κ3) is 3.69. The maximum Gasteiger partial charge on any atom is 0.250 e. The molecule has 2 heterocycles. The van der Waals surface area contributed by atoms with E-state index < -0.39 is 10.0 Å². The lowest BCUT2D eigenvalue weighted by Gasteiger charge is -2.29. The van der Waals surface area contributed by atoms with E-state index in [0.29, 0.717) is 30.3 Å². The second kappa shape index (κ2) is 7.40. The van der Waals surface area contributed by atoms with Crippen molar-refractivity contribution < 1.29 is 13.2 Å². The molecule has 6 heteroatoms. The summed E-state index contributed by atoms with van der Waals surface area (Å²) < 4.78 is 27.6. The lowest BCUT2D eigenvalue weighted by atomic mass is 10.0. The number of rotatable bonds is 3. The Kier molecular flexibility index (Phi) is 5.12. The number of fused-ring (bicyclic) bond motifs is 1. The van der Waals surface area contributed by atoms with Gasteiger partial charge in [0.25, 0.3) is 0 Å². The molecule has 1 aromatic carbocycles. The van der Waals surface area contributed by atoms with Gasteiger partial charge in [-0.25, -0.2) is 8.42 Å². The summed E-state index contributed by atoms with van der Waals surface area (Å²) in [6.45, 7) is 5.02. The van der Waals surface area contributed by atoms with Gasteiger partial charge in [-0.2, -0.15) is 4.31 Å². The summed E-state index contributed by atoms with van der Waals surface area (Å²) in [4.78, 5) is 15.0. The minimum Gasteiger partial charge on any atom is -0.339 e. The first-order valence-electron chi connectivity index (χ1n) is 10.1. The molecular formula is C21H28N2O3S. The van der Waals surface area contributed by atoms with Crippen molar-refractivity contribution in [1.29, 1.82) is 0 Å². The van der Waals surface area contributed by atoms with Crippen LogP contribution in [0.15, 0.2) is 28.7 Å². The van der Waals surface area contributed by atoms with Crippen molar-refractivity contribution in [1.82, 2.24) is 9.21 Å². The first-order valence-corrected chi connectivity index (χ1v) is 11.5. The van der Waals surface area contributed by atoms with E-state index in [2.05, 4.69) is 6.92 Å². The van der Waals surface area contributed by atoms with Crippen molar-refractivity contribution in [3.63, 3.8) is 0 Å². The van der Waals surface area contributed by atoms with E-state index in [9.17, 15) is 13.2 Å². The quantitative estimate of drug-likeness (QED) is 0.800. The van der Waals surface area contributed by atoms with Crippen LogP contribution in [0.5, 0.6) is 0 Å². The Hall–Kier alpha value is -1.66. The summed E-state index contributed by atoms with van der Waals surface area (Å²) in [5.74, 6) is 0.697. The molecule has 5 nitrogen and oxygen atoms in total. The molecule has 0 bridgehead atoms. The van der Waals surface area contributed by atoms with E-state index in [-0.39, 0.29) is 5.91 Å². The third-order valence-corrected chi connectivity index (χ3v) is 8.02. The lowest BCUT2D eigenvalue weighted by Crippen LogP contribution is -2.37. The molecule has 3 aliphatic rings. The molecule has 0 spiro atoms. The van der Waals surface area contributed by atoms with E-state index in [4.69, 9.17) is 0 Å². The fraction of sp³-hybridized carbons (Fsp3) is 0.571. The minimum atomic E-state index is -3.46. The van der Waals surface area contributed by atoms with Crippen molar-refractivity contribution in [2.24, 2.45) is 5.92 Å². The zero-order valence-electron chi connectivity index (χ0n) is 16.0. The van der Waals surface area contributed by atoms with Crippen molar-refractivity contribution in [3.8, 4) is 0 Å². The van der Waals surface area contributed by atoms with Crippen LogP contribution in [0, 0.1) is 5.92 Å². The van der Waals surface area contributed by atoms with Gasteiger partial charge in [-0.05, 0) is 67.4 Å². The number of likely N-dealkylation sites (tertiary alicyclic amines) is 1. The molecule has 0 N–H and O–H groups in total. The van der Waals surface area contributed by atoms with E-state index in [1.54, 1.807) is 16.4 Å². The first kappa shape index (κ1) is 18.7. The van der Waals surface area contributed by atoms with Crippen LogP contribution in [0.3, 0.4) is 0 Å². The molecule has 2 saturated heterocycles. The van der Waals surface area contributed by atoms with Crippen LogP contribution in [-0.4, -0.2) is 49.7 Å². The molecule has 2 fully saturated rings. The zero-order valence-corrected chi connectivity index (χ0v) is 16.8. The van der Waals surface area contributed by atoms with E-state index in [1.165, 1.54) is 6.42 Å². The molecule has 0 saturated carbocycles. The first-order chi connectivity index (χ1) is 12.9. The Balaban J connectivity index is 1.54. The monoisotopic (exact) mass is 388 g/mol. The molecule has 27 heavy (non-hydrogen) atoms. The molecule has 0 radical (unpaired) electrons. The Morgan fingerprint density at radius 2 is 1.74 bits per heavy atom. The molecule has 1 aliphatic carbocycles. The van der Waals surface area contributed by atoms with Gasteiger partial charge < -0.3 is 4.90 Å². The largest absolute Gasteiger partial charge is 0.339 e. The standard InChI is InChI=1S/C21H28N2O3S/c1-16-7-11-23(12-8-16)27(25,26)20-6-5-17-13-19(14-18(17)15-20)21(24)22-9-3-2-4-10-22/h5-6,14-16H,2-4,7-13H2,1H3. The van der Waals surface area contributed by atoms with Gasteiger partial charge in [-0.1, -0.05) is 13.0 Å². The predicted molar refractivity (Wildman–Crippen MR) is 106 cm³/mol. The predicted octanol–water partition coefficient (Wildman–Crippen LogP) is 3.06. The number of hydrogen-bond acceptors (Lipinski definition) is 3. The average molecular weight is 389 g/mol. The zero-order chi connectivity index (χ0) is 19.0. The fourth-order valence-corrected chi connectivity index (χ4v) is 5.79. The number of carbonyl (C=O) groups is 1. The van der Waals surface area contributed by atoms with Crippen LogP contribution in [-0.2, 0) is 21.2 Å². The molecule has 1 aromatic rings. The van der Waals surface area contributed by atoms with Gasteiger partial charge >= 0.3 is 0 Å². The van der Waals surface area contributed by atoms with Gasteiger partial charge in [0, 0.05) is 38.2 Å². The van der Waals surface area contributed by atoms with Crippen LogP contribution in [0.2, 0.25) is 0 Å². The molecule has 0 unspecified atom stereocenters. The molecule has 2 aliphatic heterocycles. The topological polar surface area (TPSA) is 57.7 Å². The maximum atomic E-state index is 13.0. The smallest absolute Gasteiger partial charge is 0.250 e. The van der Waals surface area contributed by atoms with Gasteiger partial charge in [0.15, 0.2) is 0 Å². The summed E-state index contributed by atoms with van der Waals surface area (Å²) in [6.07, 6.45) is 7.66. The van der Waals surface area contributed by atoms with Crippen LogP contribution >= 0.6 is 0 Å². The number of sulfonamides is 1. The van der Waals surface area contributed by atoms with Crippen LogP contribution in [0.25, 0.3) is 6.08 Å². The van der Waals surface area contributed by atoms with E-state index in [0.717, 1.165) is 55.5 Å². The highest BCUT2D eigenvalue weighted by molar-refractivity contribution is 7.89. The Labute approximate surface area is 162 Å². The van der Waals surface area contributed by atoms with Crippen molar-refractivity contribution in [3.05, 3.63) is 34.9 Å². The molecule has 0 aromatic heterocycles. The average Bonchev–Trinajstić information content (AvgIpc) is 3.12. The van der Waals surface area contributed by atoms with Crippen molar-refractivity contribution >= 4 is 22.0 Å². The van der Waals surface area contributed by atoms with Gasteiger partial charge in [-0.15, -0.1) is 0 Å². The highest BCUT2D eigenvalue weighted by Gasteiger charge is 2.30. The SMILES string of the molecule is CC1CCN(S(=O)(=O)c2ccc3c(c2)C=C(C(=O)N2CCCCC2)C3)CC1. The van der Waals surface area contributed by atoms with Gasteiger partial charge in [0.2, 0.25) is 15.9 Å². The molecule has 0 atom stereocenters.